The molecule has 0 saturated carbocycles. The van der Waals surface area contributed by atoms with Crippen LogP contribution in [0.4, 0.5) is 0 Å². The predicted molar refractivity (Wildman–Crippen MR) is 53.2 cm³/mol. The summed E-state index contributed by atoms with van der Waals surface area (Å²) in [6.45, 7) is 6.02. The van der Waals surface area contributed by atoms with Crippen LogP contribution in [-0.4, -0.2) is 19.3 Å². The number of unbranched alkanes of at least 4 members (excludes halogenated alkanes) is 1. The van der Waals surface area contributed by atoms with Gasteiger partial charge in [-0.05, 0) is 25.8 Å². The Morgan fingerprint density at radius 3 is 2.42 bits per heavy atom. The molecule has 0 aliphatic heterocycles. The van der Waals surface area contributed by atoms with Crippen LogP contribution >= 0.6 is 0 Å². The normalized spacial score (nSPS) is 13.2. The zero-order chi connectivity index (χ0) is 9.23. The van der Waals surface area contributed by atoms with Crippen LogP contribution in [0.2, 0.25) is 0 Å². The molecule has 0 bridgehead atoms. The summed E-state index contributed by atoms with van der Waals surface area (Å²) in [4.78, 5) is 0. The highest BCUT2D eigenvalue weighted by atomic mass is 16.5. The molecular weight excluding hydrogens is 150 g/mol. The second-order valence-electron chi connectivity index (χ2n) is 3.21. The average molecular weight is 173 g/mol. The number of rotatable bonds is 8. The standard InChI is InChI=1S/C10H23NO/c1-3-5-9-12-10(6-4-2)7-8-11/h10H,3-9,11H2,1-2H3. The van der Waals surface area contributed by atoms with E-state index >= 15 is 0 Å². The summed E-state index contributed by atoms with van der Waals surface area (Å²) in [5, 5.41) is 0. The molecule has 0 aliphatic rings. The van der Waals surface area contributed by atoms with Crippen molar-refractivity contribution in [3.05, 3.63) is 0 Å². The van der Waals surface area contributed by atoms with Gasteiger partial charge in [-0.2, -0.15) is 0 Å². The fourth-order valence-corrected chi connectivity index (χ4v) is 1.21. The van der Waals surface area contributed by atoms with Crippen LogP contribution in [0.25, 0.3) is 0 Å². The lowest BCUT2D eigenvalue weighted by Gasteiger charge is -2.15. The minimum absolute atomic E-state index is 0.409. The molecule has 0 aromatic rings. The second-order valence-corrected chi connectivity index (χ2v) is 3.21. The van der Waals surface area contributed by atoms with Crippen molar-refractivity contribution >= 4 is 0 Å². The van der Waals surface area contributed by atoms with Gasteiger partial charge in [0.25, 0.3) is 0 Å². The first kappa shape index (κ1) is 11.9. The lowest BCUT2D eigenvalue weighted by atomic mass is 10.1. The molecule has 2 heteroatoms. The number of hydrogen-bond acceptors (Lipinski definition) is 2. The van der Waals surface area contributed by atoms with Crippen molar-refractivity contribution in [3.8, 4) is 0 Å². The van der Waals surface area contributed by atoms with Gasteiger partial charge in [-0.1, -0.05) is 26.7 Å². The summed E-state index contributed by atoms with van der Waals surface area (Å²) < 4.78 is 5.68. The Morgan fingerprint density at radius 1 is 1.17 bits per heavy atom. The third-order valence-electron chi connectivity index (χ3n) is 1.95. The van der Waals surface area contributed by atoms with E-state index in [2.05, 4.69) is 13.8 Å². The van der Waals surface area contributed by atoms with Gasteiger partial charge in [-0.15, -0.1) is 0 Å². The lowest BCUT2D eigenvalue weighted by molar-refractivity contribution is 0.0411. The molecule has 0 saturated heterocycles. The summed E-state index contributed by atoms with van der Waals surface area (Å²) in [5.74, 6) is 0. The quantitative estimate of drug-likeness (QED) is 0.572. The Kier molecular flexibility index (Phi) is 8.95. The molecule has 12 heavy (non-hydrogen) atoms. The Bertz CT molecular complexity index is 79.9. The van der Waals surface area contributed by atoms with Gasteiger partial charge in [0.15, 0.2) is 0 Å². The summed E-state index contributed by atoms with van der Waals surface area (Å²) >= 11 is 0. The lowest BCUT2D eigenvalue weighted by Crippen LogP contribution is -2.18. The van der Waals surface area contributed by atoms with E-state index in [1.54, 1.807) is 0 Å². The highest BCUT2D eigenvalue weighted by Gasteiger charge is 2.05. The highest BCUT2D eigenvalue weighted by Crippen LogP contribution is 2.06. The smallest absolute Gasteiger partial charge is 0.0587 e. The Hall–Kier alpha value is -0.0800. The summed E-state index contributed by atoms with van der Waals surface area (Å²) in [6.07, 6.45) is 6.15. The van der Waals surface area contributed by atoms with E-state index in [1.165, 1.54) is 19.3 Å². The molecule has 74 valence electrons. The minimum atomic E-state index is 0.409. The van der Waals surface area contributed by atoms with Crippen molar-refractivity contribution < 1.29 is 4.74 Å². The molecule has 2 nitrogen and oxygen atoms in total. The molecule has 0 amide bonds. The van der Waals surface area contributed by atoms with E-state index < -0.39 is 0 Å². The molecule has 1 atom stereocenters. The van der Waals surface area contributed by atoms with Crippen LogP contribution in [0, 0.1) is 0 Å². The van der Waals surface area contributed by atoms with Crippen LogP contribution in [0.3, 0.4) is 0 Å². The molecule has 2 N–H and O–H groups in total. The van der Waals surface area contributed by atoms with E-state index in [0.717, 1.165) is 26.0 Å². The molecule has 0 spiro atoms. The summed E-state index contributed by atoms with van der Waals surface area (Å²) in [6, 6.07) is 0. The zero-order valence-electron chi connectivity index (χ0n) is 8.51. The Morgan fingerprint density at radius 2 is 1.92 bits per heavy atom. The fraction of sp³-hybridized carbons (Fsp3) is 1.00. The maximum Gasteiger partial charge on any atom is 0.0587 e. The van der Waals surface area contributed by atoms with Crippen LogP contribution in [0.1, 0.15) is 46.0 Å². The number of nitrogens with two attached hydrogens (primary N) is 1. The first-order chi connectivity index (χ1) is 5.85. The third-order valence-corrected chi connectivity index (χ3v) is 1.95. The second kappa shape index (κ2) is 9.01. The topological polar surface area (TPSA) is 35.2 Å². The van der Waals surface area contributed by atoms with Crippen molar-refractivity contribution in [1.82, 2.24) is 0 Å². The van der Waals surface area contributed by atoms with Gasteiger partial charge in [0.1, 0.15) is 0 Å². The van der Waals surface area contributed by atoms with Crippen LogP contribution in [-0.2, 0) is 4.74 Å². The summed E-state index contributed by atoms with van der Waals surface area (Å²) in [7, 11) is 0. The van der Waals surface area contributed by atoms with Gasteiger partial charge in [-0.25, -0.2) is 0 Å². The van der Waals surface area contributed by atoms with Crippen molar-refractivity contribution in [2.24, 2.45) is 5.73 Å². The van der Waals surface area contributed by atoms with E-state index in [1.807, 2.05) is 0 Å². The van der Waals surface area contributed by atoms with Gasteiger partial charge < -0.3 is 10.5 Å². The number of hydrogen-bond donors (Lipinski definition) is 1. The summed E-state index contributed by atoms with van der Waals surface area (Å²) in [5.41, 5.74) is 5.48. The van der Waals surface area contributed by atoms with Crippen molar-refractivity contribution in [2.45, 2.75) is 52.1 Å². The molecule has 0 fully saturated rings. The molecule has 0 aromatic carbocycles. The maximum absolute atomic E-state index is 5.68. The number of ether oxygens (including phenoxy) is 1. The molecule has 0 aromatic heterocycles. The SMILES string of the molecule is CCCCOC(CCC)CCN. The van der Waals surface area contributed by atoms with Crippen molar-refractivity contribution in [1.29, 1.82) is 0 Å². The van der Waals surface area contributed by atoms with Gasteiger partial charge in [-0.3, -0.25) is 0 Å². The predicted octanol–water partition coefficient (Wildman–Crippen LogP) is 2.32. The van der Waals surface area contributed by atoms with Gasteiger partial charge in [0.2, 0.25) is 0 Å². The highest BCUT2D eigenvalue weighted by molar-refractivity contribution is 4.57. The van der Waals surface area contributed by atoms with Crippen molar-refractivity contribution in [2.75, 3.05) is 13.2 Å². The fourth-order valence-electron chi connectivity index (χ4n) is 1.21. The van der Waals surface area contributed by atoms with Crippen LogP contribution in [0.5, 0.6) is 0 Å². The van der Waals surface area contributed by atoms with E-state index in [-0.39, 0.29) is 0 Å². The Balaban J connectivity index is 3.34. The maximum atomic E-state index is 5.68. The van der Waals surface area contributed by atoms with Gasteiger partial charge in [0, 0.05) is 6.61 Å². The van der Waals surface area contributed by atoms with Gasteiger partial charge in [0.05, 0.1) is 6.10 Å². The zero-order valence-corrected chi connectivity index (χ0v) is 8.51. The Labute approximate surface area is 76.5 Å². The van der Waals surface area contributed by atoms with Crippen LogP contribution < -0.4 is 5.73 Å². The van der Waals surface area contributed by atoms with Crippen LogP contribution in [0.15, 0.2) is 0 Å². The molecule has 0 aliphatic carbocycles. The largest absolute Gasteiger partial charge is 0.378 e. The first-order valence-corrected chi connectivity index (χ1v) is 5.16. The van der Waals surface area contributed by atoms with Gasteiger partial charge >= 0.3 is 0 Å². The third kappa shape index (κ3) is 6.62. The minimum Gasteiger partial charge on any atom is -0.378 e. The first-order valence-electron chi connectivity index (χ1n) is 5.16. The molecular formula is C10H23NO. The van der Waals surface area contributed by atoms with E-state index in [4.69, 9.17) is 10.5 Å². The molecule has 0 radical (unpaired) electrons. The molecule has 1 unspecified atom stereocenters. The van der Waals surface area contributed by atoms with Crippen molar-refractivity contribution in [3.63, 3.8) is 0 Å². The van der Waals surface area contributed by atoms with E-state index in [0.29, 0.717) is 6.10 Å². The monoisotopic (exact) mass is 173 g/mol. The molecule has 0 heterocycles. The van der Waals surface area contributed by atoms with E-state index in [9.17, 15) is 0 Å². The molecule has 0 rings (SSSR count). The average Bonchev–Trinajstić information content (AvgIpc) is 2.06.